The Morgan fingerprint density at radius 3 is 2.75 bits per heavy atom. The van der Waals surface area contributed by atoms with Gasteiger partial charge in [-0.05, 0) is 32.3 Å². The van der Waals surface area contributed by atoms with Gasteiger partial charge in [0.15, 0.2) is 0 Å². The summed E-state index contributed by atoms with van der Waals surface area (Å²) >= 11 is 7.99. The first-order chi connectivity index (χ1) is 9.60. The average molecular weight is 312 g/mol. The molecule has 1 N–H and O–H groups in total. The molecule has 2 aromatic heterocycles. The van der Waals surface area contributed by atoms with Crippen LogP contribution < -0.4 is 0 Å². The van der Waals surface area contributed by atoms with E-state index >= 15 is 0 Å². The Morgan fingerprint density at radius 1 is 1.35 bits per heavy atom. The Kier molecular flexibility index (Phi) is 3.95. The maximum absolute atomic E-state index is 9.15. The number of halogens is 1. The van der Waals surface area contributed by atoms with Crippen LogP contribution in [0.3, 0.4) is 0 Å². The van der Waals surface area contributed by atoms with Crippen molar-refractivity contribution in [2.75, 3.05) is 13.2 Å². The van der Waals surface area contributed by atoms with Crippen molar-refractivity contribution < 1.29 is 5.11 Å². The van der Waals surface area contributed by atoms with Gasteiger partial charge >= 0.3 is 0 Å². The van der Waals surface area contributed by atoms with Gasteiger partial charge in [-0.3, -0.25) is 4.90 Å². The number of rotatable bonds is 5. The summed E-state index contributed by atoms with van der Waals surface area (Å²) in [6, 6.07) is 0.576. The lowest BCUT2D eigenvalue weighted by Crippen LogP contribution is -2.29. The highest BCUT2D eigenvalue weighted by atomic mass is 35.5. The Bertz CT molecular complexity index is 639. The highest BCUT2D eigenvalue weighted by molar-refractivity contribution is 7.18. The lowest BCUT2D eigenvalue weighted by atomic mass is 10.2. The van der Waals surface area contributed by atoms with Crippen molar-refractivity contribution >= 4 is 33.2 Å². The van der Waals surface area contributed by atoms with Crippen molar-refractivity contribution in [1.29, 1.82) is 0 Å². The van der Waals surface area contributed by atoms with E-state index in [-0.39, 0.29) is 6.61 Å². The zero-order chi connectivity index (χ0) is 14.3. The van der Waals surface area contributed by atoms with E-state index in [1.165, 1.54) is 23.3 Å². The van der Waals surface area contributed by atoms with Gasteiger partial charge in [-0.25, -0.2) is 9.97 Å². The molecule has 1 aliphatic rings. The second-order valence-corrected chi connectivity index (χ2v) is 6.88. The molecule has 0 bridgehead atoms. The zero-order valence-corrected chi connectivity index (χ0v) is 13.3. The van der Waals surface area contributed by atoms with Crippen LogP contribution in [-0.4, -0.2) is 39.2 Å². The third-order valence-electron chi connectivity index (χ3n) is 3.83. The molecule has 108 valence electrons. The summed E-state index contributed by atoms with van der Waals surface area (Å²) in [4.78, 5) is 13.5. The monoisotopic (exact) mass is 311 g/mol. The third-order valence-corrected chi connectivity index (χ3v) is 5.20. The third kappa shape index (κ3) is 2.68. The van der Waals surface area contributed by atoms with Crippen LogP contribution in [0.2, 0.25) is 5.15 Å². The molecule has 6 heteroatoms. The molecule has 0 unspecified atom stereocenters. The number of aromatic nitrogens is 2. The van der Waals surface area contributed by atoms with E-state index in [0.29, 0.717) is 24.3 Å². The summed E-state index contributed by atoms with van der Waals surface area (Å²) in [5.41, 5.74) is 1.18. The predicted molar refractivity (Wildman–Crippen MR) is 82.4 cm³/mol. The number of aliphatic hydroxyl groups is 1. The highest BCUT2D eigenvalue weighted by Gasteiger charge is 2.29. The summed E-state index contributed by atoms with van der Waals surface area (Å²) in [5, 5.41) is 10.7. The van der Waals surface area contributed by atoms with E-state index in [0.717, 1.165) is 16.0 Å². The molecule has 2 heterocycles. The van der Waals surface area contributed by atoms with Crippen molar-refractivity contribution in [3.05, 3.63) is 21.4 Å². The van der Waals surface area contributed by atoms with E-state index in [1.54, 1.807) is 11.3 Å². The van der Waals surface area contributed by atoms with Crippen molar-refractivity contribution in [3.63, 3.8) is 0 Å². The number of aliphatic hydroxyl groups excluding tert-OH is 1. The lowest BCUT2D eigenvalue weighted by molar-refractivity contribution is 0.180. The zero-order valence-electron chi connectivity index (χ0n) is 11.7. The minimum absolute atomic E-state index is 0.170. The molecule has 2 aromatic rings. The molecule has 0 radical (unpaired) electrons. The first-order valence-electron chi connectivity index (χ1n) is 6.87. The van der Waals surface area contributed by atoms with E-state index in [4.69, 9.17) is 16.7 Å². The lowest BCUT2D eigenvalue weighted by Gasteiger charge is -2.19. The number of hydrogen-bond donors (Lipinski definition) is 1. The highest BCUT2D eigenvalue weighted by Crippen LogP contribution is 2.33. The largest absolute Gasteiger partial charge is 0.395 e. The molecule has 1 saturated carbocycles. The second kappa shape index (κ2) is 5.56. The number of hydrogen-bond acceptors (Lipinski definition) is 5. The summed E-state index contributed by atoms with van der Waals surface area (Å²) in [6.07, 6.45) is 2.40. The molecule has 0 spiro atoms. The van der Waals surface area contributed by atoms with E-state index in [2.05, 4.69) is 28.7 Å². The fourth-order valence-corrected chi connectivity index (χ4v) is 3.89. The Hall–Kier alpha value is -0.750. The van der Waals surface area contributed by atoms with E-state index in [9.17, 15) is 0 Å². The molecular formula is C14H18ClN3OS. The maximum Gasteiger partial charge on any atom is 0.145 e. The van der Waals surface area contributed by atoms with Crippen molar-refractivity contribution in [2.45, 2.75) is 39.3 Å². The van der Waals surface area contributed by atoms with Crippen LogP contribution in [0.15, 0.2) is 0 Å². The van der Waals surface area contributed by atoms with Crippen LogP contribution in [0.1, 0.15) is 29.1 Å². The van der Waals surface area contributed by atoms with Crippen LogP contribution in [0.5, 0.6) is 0 Å². The van der Waals surface area contributed by atoms with Gasteiger partial charge in [-0.1, -0.05) is 11.6 Å². The Morgan fingerprint density at radius 2 is 2.10 bits per heavy atom. The van der Waals surface area contributed by atoms with Gasteiger partial charge in [-0.15, -0.1) is 11.3 Å². The van der Waals surface area contributed by atoms with Gasteiger partial charge in [0.2, 0.25) is 0 Å². The molecule has 0 atom stereocenters. The SMILES string of the molecule is Cc1sc2nc(CN(CCO)C3CC3)nc(Cl)c2c1C. The van der Waals surface area contributed by atoms with E-state index in [1.807, 2.05) is 0 Å². The molecular weight excluding hydrogens is 294 g/mol. The summed E-state index contributed by atoms with van der Waals surface area (Å²) in [5.74, 6) is 0.754. The first kappa shape index (κ1) is 14.2. The molecule has 1 aliphatic carbocycles. The topological polar surface area (TPSA) is 49.2 Å². The molecule has 1 fully saturated rings. The fraction of sp³-hybridized carbons (Fsp3) is 0.571. The van der Waals surface area contributed by atoms with Gasteiger partial charge in [0, 0.05) is 17.5 Å². The van der Waals surface area contributed by atoms with Gasteiger partial charge < -0.3 is 5.11 Å². The first-order valence-corrected chi connectivity index (χ1v) is 8.06. The standard InChI is InChI=1S/C14H18ClN3OS/c1-8-9(2)20-14-12(8)13(15)16-11(17-14)7-18(5-6-19)10-3-4-10/h10,19H,3-7H2,1-2H3. The van der Waals surface area contributed by atoms with Gasteiger partial charge in [-0.2, -0.15) is 0 Å². The predicted octanol–water partition coefficient (Wildman–Crippen LogP) is 2.92. The number of aryl methyl sites for hydroxylation is 2. The van der Waals surface area contributed by atoms with Crippen LogP contribution >= 0.6 is 22.9 Å². The van der Waals surface area contributed by atoms with Crippen molar-refractivity contribution in [2.24, 2.45) is 0 Å². The molecule has 0 saturated heterocycles. The van der Waals surface area contributed by atoms with Crippen LogP contribution in [0.25, 0.3) is 10.2 Å². The summed E-state index contributed by atoms with van der Waals surface area (Å²) < 4.78 is 0. The number of nitrogens with zero attached hydrogens (tertiary/aromatic N) is 3. The molecule has 4 nitrogen and oxygen atoms in total. The normalized spacial score (nSPS) is 15.4. The molecule has 20 heavy (non-hydrogen) atoms. The maximum atomic E-state index is 9.15. The van der Waals surface area contributed by atoms with Crippen LogP contribution in [0, 0.1) is 13.8 Å². The van der Waals surface area contributed by atoms with Crippen molar-refractivity contribution in [1.82, 2.24) is 14.9 Å². The van der Waals surface area contributed by atoms with Crippen LogP contribution in [-0.2, 0) is 6.54 Å². The molecule has 3 rings (SSSR count). The smallest absolute Gasteiger partial charge is 0.145 e. The molecule has 0 amide bonds. The van der Waals surface area contributed by atoms with Gasteiger partial charge in [0.1, 0.15) is 15.8 Å². The summed E-state index contributed by atoms with van der Waals surface area (Å²) in [7, 11) is 0. The number of fused-ring (bicyclic) bond motifs is 1. The molecule has 0 aromatic carbocycles. The van der Waals surface area contributed by atoms with Crippen LogP contribution in [0.4, 0.5) is 0 Å². The fourth-order valence-electron chi connectivity index (χ4n) is 2.45. The Labute approximate surface area is 127 Å². The quantitative estimate of drug-likeness (QED) is 0.863. The second-order valence-electron chi connectivity index (χ2n) is 5.32. The Balaban J connectivity index is 1.91. The molecule has 0 aliphatic heterocycles. The average Bonchev–Trinajstić information content (AvgIpc) is 3.17. The minimum Gasteiger partial charge on any atom is -0.395 e. The number of thiophene rings is 1. The minimum atomic E-state index is 0.170. The van der Waals surface area contributed by atoms with Gasteiger partial charge in [0.05, 0.1) is 18.5 Å². The van der Waals surface area contributed by atoms with Crippen molar-refractivity contribution in [3.8, 4) is 0 Å². The van der Waals surface area contributed by atoms with Gasteiger partial charge in [0.25, 0.3) is 0 Å². The summed E-state index contributed by atoms with van der Waals surface area (Å²) in [6.45, 7) is 5.65. The van der Waals surface area contributed by atoms with E-state index < -0.39 is 0 Å².